The van der Waals surface area contributed by atoms with E-state index in [0.717, 1.165) is 29.8 Å². The van der Waals surface area contributed by atoms with E-state index >= 15 is 0 Å². The Morgan fingerprint density at radius 3 is 2.65 bits per heavy atom. The van der Waals surface area contributed by atoms with Crippen molar-refractivity contribution in [3.05, 3.63) is 50.7 Å². The van der Waals surface area contributed by atoms with Crippen molar-refractivity contribution in [2.24, 2.45) is 0 Å². The molecule has 5 heteroatoms. The summed E-state index contributed by atoms with van der Waals surface area (Å²) in [6.45, 7) is 4.13. The number of nitrogens with zero attached hydrogens (tertiary/aromatic N) is 2. The second kappa shape index (κ2) is 6.95. The van der Waals surface area contributed by atoms with Gasteiger partial charge >= 0.3 is 0 Å². The molecule has 1 atom stereocenters. The fraction of sp³-hybridized carbons (Fsp3) is 0.476. The Kier molecular flexibility index (Phi) is 4.65. The van der Waals surface area contributed by atoms with Crippen molar-refractivity contribution < 1.29 is 0 Å². The Hall–Kier alpha value is -2.01. The zero-order valence-corrected chi connectivity index (χ0v) is 16.1. The van der Waals surface area contributed by atoms with Crippen molar-refractivity contribution in [2.75, 3.05) is 0 Å². The Labute approximate surface area is 156 Å². The molecule has 0 aliphatic heterocycles. The van der Waals surface area contributed by atoms with Crippen molar-refractivity contribution in [3.8, 4) is 0 Å². The summed E-state index contributed by atoms with van der Waals surface area (Å²) in [7, 11) is 0. The number of rotatable bonds is 3. The molecule has 1 aromatic carbocycles. The molecule has 1 aliphatic rings. The van der Waals surface area contributed by atoms with E-state index in [1.54, 1.807) is 6.07 Å². The minimum atomic E-state index is -0.181. The smallest absolute Gasteiger partial charge is 0.266 e. The molecule has 1 fully saturated rings. The van der Waals surface area contributed by atoms with Crippen molar-refractivity contribution in [1.29, 1.82) is 0 Å². The maximum absolute atomic E-state index is 13.4. The molecule has 0 radical (unpaired) electrons. The summed E-state index contributed by atoms with van der Waals surface area (Å²) in [6, 6.07) is 7.55. The average Bonchev–Trinajstić information content (AvgIpc) is 2.68. The molecule has 0 bridgehead atoms. The number of benzene rings is 1. The maximum atomic E-state index is 13.4. The van der Waals surface area contributed by atoms with Gasteiger partial charge < -0.3 is 0 Å². The van der Waals surface area contributed by atoms with E-state index in [-0.39, 0.29) is 22.4 Å². The van der Waals surface area contributed by atoms with Gasteiger partial charge in [-0.25, -0.2) is 4.98 Å². The van der Waals surface area contributed by atoms with E-state index in [4.69, 9.17) is 4.98 Å². The van der Waals surface area contributed by atoms with Crippen molar-refractivity contribution in [2.45, 2.75) is 64.3 Å². The third-order valence-corrected chi connectivity index (χ3v) is 6.74. The van der Waals surface area contributed by atoms with Crippen molar-refractivity contribution in [3.63, 3.8) is 0 Å². The van der Waals surface area contributed by atoms with E-state index in [9.17, 15) is 9.59 Å². The number of fused-ring (bicyclic) bond motifs is 2. The molecule has 1 unspecified atom stereocenters. The van der Waals surface area contributed by atoms with Gasteiger partial charge in [0.05, 0.1) is 0 Å². The molecule has 1 aliphatic carbocycles. The zero-order valence-electron chi connectivity index (χ0n) is 15.3. The van der Waals surface area contributed by atoms with Gasteiger partial charge in [0.25, 0.3) is 5.56 Å². The minimum absolute atomic E-state index is 0.0483. The predicted molar refractivity (Wildman–Crippen MR) is 108 cm³/mol. The summed E-state index contributed by atoms with van der Waals surface area (Å²) in [4.78, 5) is 31.9. The predicted octanol–water partition coefficient (Wildman–Crippen LogP) is 4.99. The SMILES string of the molecule is CCC(C)n1c(C2CCCCC2)nc2sc3ccccc3c(=O)c2c1=O. The molecule has 26 heavy (non-hydrogen) atoms. The molecule has 0 spiro atoms. The lowest BCUT2D eigenvalue weighted by Crippen LogP contribution is -2.32. The van der Waals surface area contributed by atoms with Crippen LogP contribution in [0.5, 0.6) is 0 Å². The third-order valence-electron chi connectivity index (χ3n) is 5.68. The first-order chi connectivity index (χ1) is 12.6. The summed E-state index contributed by atoms with van der Waals surface area (Å²) in [5, 5.41) is 0.874. The van der Waals surface area contributed by atoms with Crippen LogP contribution in [0, 0.1) is 0 Å². The summed E-state index contributed by atoms with van der Waals surface area (Å²) in [5.74, 6) is 1.21. The standard InChI is InChI=1S/C21H24N2O2S/c1-3-13(2)23-19(14-9-5-4-6-10-14)22-20-17(21(23)25)18(24)15-11-7-8-12-16(15)26-20/h7-8,11-14H,3-6,9-10H2,1-2H3. The highest BCUT2D eigenvalue weighted by Crippen LogP contribution is 2.33. The molecule has 2 aromatic heterocycles. The Balaban J connectivity index is 2.08. The Bertz CT molecular complexity index is 1080. The molecule has 2 heterocycles. The quantitative estimate of drug-likeness (QED) is 0.612. The van der Waals surface area contributed by atoms with Crippen LogP contribution in [0.4, 0.5) is 0 Å². The van der Waals surface area contributed by atoms with Crippen LogP contribution >= 0.6 is 11.3 Å². The second-order valence-electron chi connectivity index (χ2n) is 7.34. The molecule has 0 saturated heterocycles. The highest BCUT2D eigenvalue weighted by molar-refractivity contribution is 7.24. The Morgan fingerprint density at radius 2 is 1.92 bits per heavy atom. The molecule has 0 N–H and O–H groups in total. The molecule has 1 saturated carbocycles. The van der Waals surface area contributed by atoms with Gasteiger partial charge in [-0.15, -0.1) is 11.3 Å². The molecule has 136 valence electrons. The Morgan fingerprint density at radius 1 is 1.19 bits per heavy atom. The molecule has 4 rings (SSSR count). The normalized spacial score (nSPS) is 17.0. The topological polar surface area (TPSA) is 52.0 Å². The minimum Gasteiger partial charge on any atom is -0.293 e. The van der Waals surface area contributed by atoms with Crippen LogP contribution in [0.2, 0.25) is 0 Å². The van der Waals surface area contributed by atoms with Crippen LogP contribution < -0.4 is 11.0 Å². The number of hydrogen-bond donors (Lipinski definition) is 0. The lowest BCUT2D eigenvalue weighted by molar-refractivity contribution is 0.389. The zero-order chi connectivity index (χ0) is 18.3. The van der Waals surface area contributed by atoms with E-state index in [1.807, 2.05) is 22.8 Å². The van der Waals surface area contributed by atoms with Gasteiger partial charge in [0, 0.05) is 22.0 Å². The van der Waals surface area contributed by atoms with Crippen molar-refractivity contribution >= 4 is 31.6 Å². The second-order valence-corrected chi connectivity index (χ2v) is 8.38. The van der Waals surface area contributed by atoms with Gasteiger partial charge in [-0.2, -0.15) is 0 Å². The summed E-state index contributed by atoms with van der Waals surface area (Å²) < 4.78 is 2.72. The van der Waals surface area contributed by atoms with Gasteiger partial charge in [-0.3, -0.25) is 14.2 Å². The molecular weight excluding hydrogens is 344 g/mol. The summed E-state index contributed by atoms with van der Waals surface area (Å²) >= 11 is 1.46. The van der Waals surface area contributed by atoms with Crippen LogP contribution in [0.15, 0.2) is 33.9 Å². The third kappa shape index (κ3) is 2.78. The van der Waals surface area contributed by atoms with E-state index < -0.39 is 0 Å². The lowest BCUT2D eigenvalue weighted by atomic mass is 9.88. The highest BCUT2D eigenvalue weighted by atomic mass is 32.1. The van der Waals surface area contributed by atoms with Gasteiger partial charge in [-0.05, 0) is 38.3 Å². The van der Waals surface area contributed by atoms with Crippen molar-refractivity contribution in [1.82, 2.24) is 9.55 Å². The van der Waals surface area contributed by atoms with E-state index in [0.29, 0.717) is 16.1 Å². The van der Waals surface area contributed by atoms with Crippen LogP contribution in [0.1, 0.15) is 70.2 Å². The van der Waals surface area contributed by atoms with E-state index in [1.165, 1.54) is 30.6 Å². The van der Waals surface area contributed by atoms with Crippen LogP contribution in [-0.2, 0) is 0 Å². The monoisotopic (exact) mass is 368 g/mol. The van der Waals surface area contributed by atoms with Gasteiger partial charge in [-0.1, -0.05) is 38.3 Å². The summed E-state index contributed by atoms with van der Waals surface area (Å²) in [5.41, 5.74) is -0.337. The highest BCUT2D eigenvalue weighted by Gasteiger charge is 2.25. The maximum Gasteiger partial charge on any atom is 0.266 e. The molecule has 3 aromatic rings. The summed E-state index contributed by atoms with van der Waals surface area (Å²) in [6.07, 6.45) is 6.64. The first-order valence-electron chi connectivity index (χ1n) is 9.59. The largest absolute Gasteiger partial charge is 0.293 e. The number of aromatic nitrogens is 2. The first kappa shape index (κ1) is 17.4. The lowest BCUT2D eigenvalue weighted by Gasteiger charge is -2.26. The van der Waals surface area contributed by atoms with E-state index in [2.05, 4.69) is 13.8 Å². The molecule has 4 nitrogen and oxygen atoms in total. The fourth-order valence-corrected chi connectivity index (χ4v) is 5.08. The fourth-order valence-electron chi connectivity index (χ4n) is 4.04. The van der Waals surface area contributed by atoms with Crippen LogP contribution in [0.25, 0.3) is 20.3 Å². The molecule has 0 amide bonds. The van der Waals surface area contributed by atoms with Gasteiger partial charge in [0.15, 0.2) is 0 Å². The van der Waals surface area contributed by atoms with Crippen LogP contribution in [0.3, 0.4) is 0 Å². The molecular formula is C21H24N2O2S. The number of hydrogen-bond acceptors (Lipinski definition) is 4. The van der Waals surface area contributed by atoms with Crippen LogP contribution in [-0.4, -0.2) is 9.55 Å². The van der Waals surface area contributed by atoms with Gasteiger partial charge in [0.2, 0.25) is 5.43 Å². The average molecular weight is 369 g/mol. The van der Waals surface area contributed by atoms with Gasteiger partial charge in [0.1, 0.15) is 16.0 Å². The first-order valence-corrected chi connectivity index (χ1v) is 10.4.